The maximum atomic E-state index is 12.3. The van der Waals surface area contributed by atoms with E-state index in [1.165, 1.54) is 41.7 Å². The lowest BCUT2D eigenvalue weighted by Crippen LogP contribution is -2.23. The maximum Gasteiger partial charge on any atom is 0.228 e. The van der Waals surface area contributed by atoms with Crippen LogP contribution in [0.1, 0.15) is 48.1 Å². The summed E-state index contributed by atoms with van der Waals surface area (Å²) < 4.78 is 0. The molecule has 3 rings (SSSR count). The molecular formula is C15H22N2OS. The third kappa shape index (κ3) is 2.56. The van der Waals surface area contributed by atoms with Crippen LogP contribution in [0.4, 0.5) is 5.00 Å². The number of rotatable bonds is 2. The Balaban J connectivity index is 1.73. The summed E-state index contributed by atoms with van der Waals surface area (Å²) in [5.74, 6) is 0.295. The van der Waals surface area contributed by atoms with E-state index < -0.39 is 0 Å². The van der Waals surface area contributed by atoms with Crippen molar-refractivity contribution >= 4 is 22.2 Å². The summed E-state index contributed by atoms with van der Waals surface area (Å²) >= 11 is 1.79. The highest BCUT2D eigenvalue weighted by Crippen LogP contribution is 2.38. The van der Waals surface area contributed by atoms with Crippen LogP contribution < -0.4 is 11.1 Å². The van der Waals surface area contributed by atoms with Gasteiger partial charge in [-0.25, -0.2) is 0 Å². The molecule has 1 aromatic heterocycles. The smallest absolute Gasteiger partial charge is 0.228 e. The molecule has 1 amide bonds. The van der Waals surface area contributed by atoms with Gasteiger partial charge < -0.3 is 11.1 Å². The van der Waals surface area contributed by atoms with Gasteiger partial charge in [-0.1, -0.05) is 0 Å². The van der Waals surface area contributed by atoms with Crippen LogP contribution in [0, 0.1) is 12.8 Å². The van der Waals surface area contributed by atoms with Crippen LogP contribution in [0.25, 0.3) is 0 Å². The molecule has 0 bridgehead atoms. The molecule has 1 aromatic rings. The Morgan fingerprint density at radius 3 is 2.79 bits per heavy atom. The van der Waals surface area contributed by atoms with E-state index in [9.17, 15) is 4.79 Å². The number of carbonyl (C=O) groups excluding carboxylic acids is 1. The van der Waals surface area contributed by atoms with Crippen molar-refractivity contribution in [1.82, 2.24) is 0 Å². The third-order valence-corrected chi connectivity index (χ3v) is 5.83. The largest absolute Gasteiger partial charge is 0.328 e. The van der Waals surface area contributed by atoms with Gasteiger partial charge in [-0.3, -0.25) is 4.79 Å². The van der Waals surface area contributed by atoms with Crippen LogP contribution in [0.2, 0.25) is 0 Å². The highest BCUT2D eigenvalue weighted by Gasteiger charge is 2.29. The Bertz CT molecular complexity index is 495. The molecule has 3 N–H and O–H groups in total. The quantitative estimate of drug-likeness (QED) is 0.873. The molecule has 0 radical (unpaired) electrons. The lowest BCUT2D eigenvalue weighted by molar-refractivity contribution is -0.119. The summed E-state index contributed by atoms with van der Waals surface area (Å²) in [6, 6.07) is 0.216. The Morgan fingerprint density at radius 2 is 2.11 bits per heavy atom. The first-order valence-corrected chi connectivity index (χ1v) is 8.14. The molecule has 1 saturated carbocycles. The minimum atomic E-state index is 0.119. The molecule has 3 nitrogen and oxygen atoms in total. The fourth-order valence-electron chi connectivity index (χ4n) is 3.31. The molecule has 4 heteroatoms. The molecule has 104 valence electrons. The molecule has 0 aliphatic heterocycles. The summed E-state index contributed by atoms with van der Waals surface area (Å²) in [4.78, 5) is 13.8. The van der Waals surface area contributed by atoms with Gasteiger partial charge in [0.25, 0.3) is 0 Å². The van der Waals surface area contributed by atoms with E-state index in [1.807, 2.05) is 0 Å². The minimum Gasteiger partial charge on any atom is -0.328 e. The number of amides is 1. The number of anilines is 1. The van der Waals surface area contributed by atoms with Crippen molar-refractivity contribution in [2.45, 2.75) is 57.9 Å². The van der Waals surface area contributed by atoms with Crippen molar-refractivity contribution in [3.63, 3.8) is 0 Å². The molecule has 2 aliphatic rings. The van der Waals surface area contributed by atoms with Crippen LogP contribution in [-0.2, 0) is 17.6 Å². The molecular weight excluding hydrogens is 256 g/mol. The zero-order valence-corrected chi connectivity index (χ0v) is 12.3. The van der Waals surface area contributed by atoms with Gasteiger partial charge in [0.1, 0.15) is 0 Å². The lowest BCUT2D eigenvalue weighted by atomic mass is 9.96. The fourth-order valence-corrected chi connectivity index (χ4v) is 4.61. The van der Waals surface area contributed by atoms with E-state index in [-0.39, 0.29) is 17.9 Å². The molecule has 0 spiro atoms. The summed E-state index contributed by atoms with van der Waals surface area (Å²) in [6.07, 6.45) is 7.71. The Labute approximate surface area is 118 Å². The standard InChI is InChI=1S/C15H22N2OS/c1-9-12-4-2-3-5-13(12)19-15(9)17-14(18)10-6-7-11(16)8-10/h10-11H,2-8,16H2,1H3,(H,17,18). The van der Waals surface area contributed by atoms with Gasteiger partial charge in [0.15, 0.2) is 0 Å². The monoisotopic (exact) mass is 278 g/mol. The summed E-state index contributed by atoms with van der Waals surface area (Å²) in [7, 11) is 0. The van der Waals surface area contributed by atoms with Crippen molar-refractivity contribution in [2.24, 2.45) is 11.7 Å². The zero-order chi connectivity index (χ0) is 13.4. The molecule has 2 aliphatic carbocycles. The van der Waals surface area contributed by atoms with E-state index in [0.717, 1.165) is 24.3 Å². The molecule has 2 atom stereocenters. The SMILES string of the molecule is Cc1c(NC(=O)C2CCC(N)C2)sc2c1CCCC2. The van der Waals surface area contributed by atoms with Gasteiger partial charge >= 0.3 is 0 Å². The number of carbonyl (C=O) groups is 1. The second kappa shape index (κ2) is 5.25. The molecule has 2 unspecified atom stereocenters. The topological polar surface area (TPSA) is 55.1 Å². The Morgan fingerprint density at radius 1 is 1.32 bits per heavy atom. The highest BCUT2D eigenvalue weighted by molar-refractivity contribution is 7.16. The predicted octanol–water partition coefficient (Wildman–Crippen LogP) is 3.00. The number of nitrogens with two attached hydrogens (primary N) is 1. The average Bonchev–Trinajstić information content (AvgIpc) is 2.96. The van der Waals surface area contributed by atoms with Crippen LogP contribution in [0.3, 0.4) is 0 Å². The van der Waals surface area contributed by atoms with E-state index in [4.69, 9.17) is 5.73 Å². The van der Waals surface area contributed by atoms with Crippen LogP contribution in [0.5, 0.6) is 0 Å². The van der Waals surface area contributed by atoms with Crippen LogP contribution in [-0.4, -0.2) is 11.9 Å². The maximum absolute atomic E-state index is 12.3. The van der Waals surface area contributed by atoms with Gasteiger partial charge in [-0.2, -0.15) is 0 Å². The van der Waals surface area contributed by atoms with Gasteiger partial charge in [0.2, 0.25) is 5.91 Å². The predicted molar refractivity (Wildman–Crippen MR) is 79.6 cm³/mol. The van der Waals surface area contributed by atoms with Crippen LogP contribution >= 0.6 is 11.3 Å². The van der Waals surface area contributed by atoms with E-state index in [0.29, 0.717) is 0 Å². The summed E-state index contributed by atoms with van der Waals surface area (Å²) in [5, 5.41) is 4.23. The zero-order valence-electron chi connectivity index (χ0n) is 11.5. The fraction of sp³-hybridized carbons (Fsp3) is 0.667. The number of hydrogen-bond donors (Lipinski definition) is 2. The second-order valence-corrected chi connectivity index (χ2v) is 7.03. The highest BCUT2D eigenvalue weighted by atomic mass is 32.1. The van der Waals surface area contributed by atoms with Crippen molar-refractivity contribution in [3.8, 4) is 0 Å². The van der Waals surface area contributed by atoms with Gasteiger partial charge in [0, 0.05) is 16.8 Å². The molecule has 0 saturated heterocycles. The van der Waals surface area contributed by atoms with Crippen molar-refractivity contribution in [2.75, 3.05) is 5.32 Å². The Hall–Kier alpha value is -0.870. The van der Waals surface area contributed by atoms with Crippen molar-refractivity contribution in [3.05, 3.63) is 16.0 Å². The first-order valence-electron chi connectivity index (χ1n) is 7.32. The van der Waals surface area contributed by atoms with Gasteiger partial charge in [0.05, 0.1) is 5.00 Å². The number of thiophene rings is 1. The number of aryl methyl sites for hydroxylation is 1. The van der Waals surface area contributed by atoms with E-state index in [2.05, 4.69) is 12.2 Å². The van der Waals surface area contributed by atoms with Crippen molar-refractivity contribution < 1.29 is 4.79 Å². The first kappa shape index (κ1) is 13.1. The number of nitrogens with one attached hydrogen (secondary N) is 1. The summed E-state index contributed by atoms with van der Waals surface area (Å²) in [5.41, 5.74) is 8.68. The van der Waals surface area contributed by atoms with Gasteiger partial charge in [-0.05, 0) is 63.0 Å². The lowest BCUT2D eigenvalue weighted by Gasteiger charge is -2.11. The second-order valence-electron chi connectivity index (χ2n) is 5.92. The average molecular weight is 278 g/mol. The molecule has 1 fully saturated rings. The van der Waals surface area contributed by atoms with Gasteiger partial charge in [-0.15, -0.1) is 11.3 Å². The molecule has 1 heterocycles. The number of hydrogen-bond acceptors (Lipinski definition) is 3. The first-order chi connectivity index (χ1) is 9.15. The third-order valence-electron chi connectivity index (χ3n) is 4.52. The molecule has 19 heavy (non-hydrogen) atoms. The number of fused-ring (bicyclic) bond motifs is 1. The van der Waals surface area contributed by atoms with Crippen molar-refractivity contribution in [1.29, 1.82) is 0 Å². The Kier molecular flexibility index (Phi) is 3.63. The summed E-state index contributed by atoms with van der Waals surface area (Å²) in [6.45, 7) is 2.15. The minimum absolute atomic E-state index is 0.119. The molecule has 0 aromatic carbocycles. The normalized spacial score (nSPS) is 26.2. The van der Waals surface area contributed by atoms with Crippen LogP contribution in [0.15, 0.2) is 0 Å². The van der Waals surface area contributed by atoms with E-state index >= 15 is 0 Å². The van der Waals surface area contributed by atoms with E-state index in [1.54, 1.807) is 11.3 Å².